The predicted molar refractivity (Wildman–Crippen MR) is 103 cm³/mol. The molecule has 1 aromatic heterocycles. The highest BCUT2D eigenvalue weighted by Gasteiger charge is 2.14. The SMILES string of the molecule is CCOC(=O)Nc1ncc(Oc2cc(I)c(OC)cc2C(C)C)cn1. The third-order valence-electron chi connectivity index (χ3n) is 3.25. The predicted octanol–water partition coefficient (Wildman–Crippen LogP) is 4.57. The first-order chi connectivity index (χ1) is 11.9. The number of amides is 1. The quantitative estimate of drug-likeness (QED) is 0.640. The fraction of sp³-hybridized carbons (Fsp3) is 0.353. The summed E-state index contributed by atoms with van der Waals surface area (Å²) >= 11 is 2.20. The number of ether oxygens (including phenoxy) is 3. The van der Waals surface area contributed by atoms with Gasteiger partial charge in [-0.05, 0) is 47.6 Å². The van der Waals surface area contributed by atoms with Crippen LogP contribution in [0.2, 0.25) is 0 Å². The molecule has 0 radical (unpaired) electrons. The van der Waals surface area contributed by atoms with E-state index in [2.05, 4.69) is 51.7 Å². The van der Waals surface area contributed by atoms with Crippen molar-refractivity contribution < 1.29 is 19.0 Å². The second kappa shape index (κ2) is 8.84. The molecule has 1 aromatic carbocycles. The number of nitrogens with one attached hydrogen (secondary N) is 1. The van der Waals surface area contributed by atoms with E-state index in [1.165, 1.54) is 12.4 Å². The molecule has 1 N–H and O–H groups in total. The number of carbonyl (C=O) groups excluding carboxylic acids is 1. The first-order valence-corrected chi connectivity index (χ1v) is 8.83. The van der Waals surface area contributed by atoms with Crippen LogP contribution in [-0.2, 0) is 4.74 Å². The maximum atomic E-state index is 11.3. The maximum absolute atomic E-state index is 11.3. The minimum Gasteiger partial charge on any atom is -0.496 e. The summed E-state index contributed by atoms with van der Waals surface area (Å²) < 4.78 is 17.0. The van der Waals surface area contributed by atoms with Crippen molar-refractivity contribution in [3.05, 3.63) is 33.7 Å². The number of hydrogen-bond donors (Lipinski definition) is 1. The summed E-state index contributed by atoms with van der Waals surface area (Å²) in [5, 5.41) is 2.43. The molecule has 7 nitrogen and oxygen atoms in total. The van der Waals surface area contributed by atoms with E-state index in [4.69, 9.17) is 14.2 Å². The van der Waals surface area contributed by atoms with E-state index in [1.807, 2.05) is 12.1 Å². The molecule has 0 bridgehead atoms. The Hall–Kier alpha value is -2.10. The van der Waals surface area contributed by atoms with Gasteiger partial charge in [-0.2, -0.15) is 0 Å². The average molecular weight is 457 g/mol. The lowest BCUT2D eigenvalue weighted by atomic mass is 10.0. The van der Waals surface area contributed by atoms with E-state index in [0.29, 0.717) is 5.75 Å². The van der Waals surface area contributed by atoms with Gasteiger partial charge in [0.25, 0.3) is 0 Å². The fourth-order valence-electron chi connectivity index (χ4n) is 2.07. The largest absolute Gasteiger partial charge is 0.496 e. The van der Waals surface area contributed by atoms with Crippen molar-refractivity contribution in [1.82, 2.24) is 9.97 Å². The molecule has 2 rings (SSSR count). The number of halogens is 1. The second-order valence-electron chi connectivity index (χ2n) is 5.37. The number of carbonyl (C=O) groups is 1. The van der Waals surface area contributed by atoms with Gasteiger partial charge in [0, 0.05) is 5.56 Å². The van der Waals surface area contributed by atoms with Gasteiger partial charge < -0.3 is 14.2 Å². The molecule has 8 heteroatoms. The zero-order valence-corrected chi connectivity index (χ0v) is 16.7. The first kappa shape index (κ1) is 19.2. The van der Waals surface area contributed by atoms with Gasteiger partial charge in [-0.3, -0.25) is 5.32 Å². The Morgan fingerprint density at radius 1 is 1.24 bits per heavy atom. The van der Waals surface area contributed by atoms with Gasteiger partial charge in [0.1, 0.15) is 11.5 Å². The molecule has 0 aliphatic rings. The number of benzene rings is 1. The van der Waals surface area contributed by atoms with Crippen molar-refractivity contribution in [2.75, 3.05) is 19.0 Å². The number of anilines is 1. The Morgan fingerprint density at radius 2 is 1.92 bits per heavy atom. The molecule has 0 fully saturated rings. The van der Waals surface area contributed by atoms with Crippen LogP contribution in [-0.4, -0.2) is 29.8 Å². The van der Waals surface area contributed by atoms with Crippen LogP contribution >= 0.6 is 22.6 Å². The van der Waals surface area contributed by atoms with Crippen LogP contribution < -0.4 is 14.8 Å². The lowest BCUT2D eigenvalue weighted by molar-refractivity contribution is 0.167. The van der Waals surface area contributed by atoms with Gasteiger partial charge in [0.15, 0.2) is 5.75 Å². The monoisotopic (exact) mass is 457 g/mol. The van der Waals surface area contributed by atoms with Gasteiger partial charge in [-0.25, -0.2) is 14.8 Å². The van der Waals surface area contributed by atoms with Crippen molar-refractivity contribution >= 4 is 34.6 Å². The Labute approximate surface area is 160 Å². The van der Waals surface area contributed by atoms with Gasteiger partial charge in [-0.1, -0.05) is 13.8 Å². The summed E-state index contributed by atoms with van der Waals surface area (Å²) in [6, 6.07) is 3.89. The summed E-state index contributed by atoms with van der Waals surface area (Å²) in [7, 11) is 1.64. The highest BCUT2D eigenvalue weighted by atomic mass is 127. The Kier molecular flexibility index (Phi) is 6.80. The molecule has 1 heterocycles. The van der Waals surface area contributed by atoms with Crippen LogP contribution in [0.1, 0.15) is 32.3 Å². The third-order valence-corrected chi connectivity index (χ3v) is 4.09. The van der Waals surface area contributed by atoms with Crippen molar-refractivity contribution in [2.24, 2.45) is 0 Å². The average Bonchev–Trinajstić information content (AvgIpc) is 2.57. The Balaban J connectivity index is 2.19. The van der Waals surface area contributed by atoms with Crippen LogP contribution in [0.4, 0.5) is 10.7 Å². The van der Waals surface area contributed by atoms with E-state index in [-0.39, 0.29) is 18.5 Å². The van der Waals surface area contributed by atoms with Crippen molar-refractivity contribution in [3.8, 4) is 17.2 Å². The molecule has 0 aliphatic heterocycles. The molecule has 0 saturated heterocycles. The molecule has 0 aliphatic carbocycles. The molecule has 134 valence electrons. The zero-order valence-electron chi connectivity index (χ0n) is 14.5. The van der Waals surface area contributed by atoms with Gasteiger partial charge >= 0.3 is 6.09 Å². The van der Waals surface area contributed by atoms with Crippen molar-refractivity contribution in [1.29, 1.82) is 0 Å². The highest BCUT2D eigenvalue weighted by molar-refractivity contribution is 14.1. The molecule has 25 heavy (non-hydrogen) atoms. The number of aromatic nitrogens is 2. The molecule has 1 amide bonds. The summed E-state index contributed by atoms with van der Waals surface area (Å²) in [6.45, 7) is 6.16. The minimum atomic E-state index is -0.594. The van der Waals surface area contributed by atoms with Crippen LogP contribution in [0, 0.1) is 3.57 Å². The standard InChI is InChI=1S/C17H20IN3O4/c1-5-24-17(22)21-16-19-8-11(9-20-16)25-14-7-13(18)15(23-4)6-12(14)10(2)3/h6-10H,5H2,1-4H3,(H,19,20,21,22). The fourth-order valence-corrected chi connectivity index (χ4v) is 2.72. The van der Waals surface area contributed by atoms with E-state index >= 15 is 0 Å². The molecule has 0 atom stereocenters. The smallest absolute Gasteiger partial charge is 0.414 e. The highest BCUT2D eigenvalue weighted by Crippen LogP contribution is 2.36. The molecule has 0 unspecified atom stereocenters. The topological polar surface area (TPSA) is 82.6 Å². The normalized spacial score (nSPS) is 10.5. The third kappa shape index (κ3) is 5.18. The lowest BCUT2D eigenvalue weighted by Gasteiger charge is -2.16. The zero-order chi connectivity index (χ0) is 18.4. The van der Waals surface area contributed by atoms with Crippen LogP contribution in [0.25, 0.3) is 0 Å². The minimum absolute atomic E-state index is 0.152. The van der Waals surface area contributed by atoms with Crippen LogP contribution in [0.5, 0.6) is 17.2 Å². The number of rotatable bonds is 6. The van der Waals surface area contributed by atoms with E-state index < -0.39 is 6.09 Å². The van der Waals surface area contributed by atoms with E-state index in [1.54, 1.807) is 14.0 Å². The van der Waals surface area contributed by atoms with E-state index in [9.17, 15) is 4.79 Å². The number of hydrogen-bond acceptors (Lipinski definition) is 6. The second-order valence-corrected chi connectivity index (χ2v) is 6.53. The van der Waals surface area contributed by atoms with Gasteiger partial charge in [0.05, 0.1) is 29.7 Å². The summed E-state index contributed by atoms with van der Waals surface area (Å²) in [5.74, 6) is 2.40. The summed E-state index contributed by atoms with van der Waals surface area (Å²) in [6.07, 6.45) is 2.40. The van der Waals surface area contributed by atoms with Crippen LogP contribution in [0.15, 0.2) is 24.5 Å². The summed E-state index contributed by atoms with van der Waals surface area (Å²) in [5.41, 5.74) is 1.02. The number of methoxy groups -OCH3 is 1. The van der Waals surface area contributed by atoms with Gasteiger partial charge in [0.2, 0.25) is 5.95 Å². The Bertz CT molecular complexity index is 735. The van der Waals surface area contributed by atoms with Crippen molar-refractivity contribution in [3.63, 3.8) is 0 Å². The molecular weight excluding hydrogens is 437 g/mol. The Morgan fingerprint density at radius 3 is 2.48 bits per heavy atom. The molecule has 0 spiro atoms. The molecule has 2 aromatic rings. The van der Waals surface area contributed by atoms with Crippen molar-refractivity contribution in [2.45, 2.75) is 26.7 Å². The molecular formula is C17H20IN3O4. The maximum Gasteiger partial charge on any atom is 0.414 e. The number of nitrogens with zero attached hydrogens (tertiary/aromatic N) is 2. The first-order valence-electron chi connectivity index (χ1n) is 7.75. The molecule has 0 saturated carbocycles. The van der Waals surface area contributed by atoms with Crippen LogP contribution in [0.3, 0.4) is 0 Å². The van der Waals surface area contributed by atoms with Gasteiger partial charge in [-0.15, -0.1) is 0 Å². The van der Waals surface area contributed by atoms with E-state index in [0.717, 1.165) is 20.6 Å². The lowest BCUT2D eigenvalue weighted by Crippen LogP contribution is -2.15. The summed E-state index contributed by atoms with van der Waals surface area (Å²) in [4.78, 5) is 19.5.